The van der Waals surface area contributed by atoms with E-state index in [0.29, 0.717) is 0 Å². The molecule has 0 rings (SSSR count). The fourth-order valence-corrected chi connectivity index (χ4v) is 0.355. The Morgan fingerprint density at radius 3 is 1.33 bits per heavy atom. The van der Waals surface area contributed by atoms with E-state index in [1.54, 1.807) is 0 Å². The van der Waals surface area contributed by atoms with Gasteiger partial charge in [-0.3, -0.25) is 0 Å². The third-order valence-electron chi connectivity index (χ3n) is 0.729. The number of halogens is 2. The van der Waals surface area contributed by atoms with Crippen molar-refractivity contribution in [1.82, 2.24) is 0 Å². The van der Waals surface area contributed by atoms with E-state index in [2.05, 4.69) is 0 Å². The van der Waals surface area contributed by atoms with Crippen LogP contribution in [0.3, 0.4) is 0 Å². The van der Waals surface area contributed by atoms with Gasteiger partial charge in [0.05, 0.1) is 12.2 Å². The molecule has 0 spiro atoms. The summed E-state index contributed by atoms with van der Waals surface area (Å²) in [5.74, 6) is -6.85. The minimum atomic E-state index is -1.73. The molecule has 0 saturated carbocycles. The number of aliphatic carboxylic acids is 2. The molecule has 0 aliphatic rings. The van der Waals surface area contributed by atoms with Crippen LogP contribution in [-0.4, -0.2) is 22.2 Å². The number of hydrogen-bond acceptors (Lipinski definition) is 2. The van der Waals surface area contributed by atoms with E-state index in [9.17, 15) is 18.4 Å². The van der Waals surface area contributed by atoms with Gasteiger partial charge in [-0.25, -0.2) is 18.4 Å². The summed E-state index contributed by atoms with van der Waals surface area (Å²) in [6.07, 6.45) is -0.149. The molecule has 0 fully saturated rings. The van der Waals surface area contributed by atoms with Crippen LogP contribution < -0.4 is 0 Å². The third kappa shape index (κ3) is 4.15. The molecule has 2 N–H and O–H groups in total. The molecule has 0 bridgehead atoms. The Morgan fingerprint density at radius 2 is 1.17 bits per heavy atom. The molecular weight excluding hydrogens is 174 g/mol. The molecule has 0 atom stereocenters. The number of allylic oxidation sites excluding steroid dienone is 2. The topological polar surface area (TPSA) is 74.6 Å². The van der Waals surface area contributed by atoms with Crippen molar-refractivity contribution in [2.75, 3.05) is 0 Å². The molecule has 0 aliphatic carbocycles. The summed E-state index contributed by atoms with van der Waals surface area (Å²) in [5, 5.41) is 15.8. The predicted molar refractivity (Wildman–Crippen MR) is 33.7 cm³/mol. The maximum atomic E-state index is 12.2. The van der Waals surface area contributed by atoms with Crippen molar-refractivity contribution in [3.05, 3.63) is 23.8 Å². The van der Waals surface area contributed by atoms with Gasteiger partial charge < -0.3 is 10.2 Å². The van der Waals surface area contributed by atoms with Crippen molar-refractivity contribution in [2.45, 2.75) is 0 Å². The van der Waals surface area contributed by atoms with E-state index in [1.165, 1.54) is 0 Å². The van der Waals surface area contributed by atoms with E-state index in [-0.39, 0.29) is 12.2 Å². The molecule has 0 unspecified atom stereocenters. The smallest absolute Gasteiger partial charge is 0.331 e. The molecule has 12 heavy (non-hydrogen) atoms. The van der Waals surface area contributed by atoms with E-state index < -0.39 is 23.6 Å². The summed E-state index contributed by atoms with van der Waals surface area (Å²) in [7, 11) is 0. The van der Waals surface area contributed by atoms with Crippen molar-refractivity contribution in [3.63, 3.8) is 0 Å². The second-order valence-electron chi connectivity index (χ2n) is 1.66. The lowest BCUT2D eigenvalue weighted by Crippen LogP contribution is -1.93. The van der Waals surface area contributed by atoms with Crippen molar-refractivity contribution in [3.8, 4) is 0 Å². The molecule has 0 aromatic rings. The SMILES string of the molecule is O=C(O)/C=C(F)/C(F)=C/C(=O)O. The molecule has 0 radical (unpaired) electrons. The van der Waals surface area contributed by atoms with Gasteiger partial charge in [-0.15, -0.1) is 0 Å². The van der Waals surface area contributed by atoms with Gasteiger partial charge in [0.2, 0.25) is 0 Å². The van der Waals surface area contributed by atoms with Gasteiger partial charge in [-0.1, -0.05) is 0 Å². The first-order chi connectivity index (χ1) is 5.43. The molecule has 4 nitrogen and oxygen atoms in total. The normalized spacial score (nSPS) is 12.8. The fourth-order valence-electron chi connectivity index (χ4n) is 0.355. The van der Waals surface area contributed by atoms with Crippen molar-refractivity contribution in [2.24, 2.45) is 0 Å². The van der Waals surface area contributed by atoms with E-state index >= 15 is 0 Å². The molecule has 0 aliphatic heterocycles. The van der Waals surface area contributed by atoms with Crippen molar-refractivity contribution >= 4 is 11.9 Å². The number of carboxylic acid groups (broad SMARTS) is 2. The molecule has 0 aromatic heterocycles. The Hall–Kier alpha value is -1.72. The zero-order valence-corrected chi connectivity index (χ0v) is 5.62. The monoisotopic (exact) mass is 178 g/mol. The van der Waals surface area contributed by atoms with Crippen LogP contribution >= 0.6 is 0 Å². The fraction of sp³-hybridized carbons (Fsp3) is 0. The first kappa shape index (κ1) is 10.3. The first-order valence-corrected chi connectivity index (χ1v) is 2.64. The minimum absolute atomic E-state index is 0.0746. The van der Waals surface area contributed by atoms with Crippen LogP contribution in [0.2, 0.25) is 0 Å². The van der Waals surface area contributed by atoms with Gasteiger partial charge in [0.15, 0.2) is 11.7 Å². The molecule has 0 amide bonds. The lowest BCUT2D eigenvalue weighted by Gasteiger charge is -1.88. The molecule has 0 heterocycles. The second-order valence-corrected chi connectivity index (χ2v) is 1.66. The Labute approximate surface area is 65.4 Å². The van der Waals surface area contributed by atoms with E-state index in [1.807, 2.05) is 0 Å². The Morgan fingerprint density at radius 1 is 0.917 bits per heavy atom. The van der Waals surface area contributed by atoms with Crippen LogP contribution in [0.5, 0.6) is 0 Å². The van der Waals surface area contributed by atoms with Gasteiger partial charge >= 0.3 is 11.9 Å². The average molecular weight is 178 g/mol. The highest BCUT2D eigenvalue weighted by Crippen LogP contribution is 2.11. The van der Waals surface area contributed by atoms with Crippen molar-refractivity contribution in [1.29, 1.82) is 0 Å². The molecule has 0 aromatic carbocycles. The summed E-state index contributed by atoms with van der Waals surface area (Å²) in [6, 6.07) is 0. The van der Waals surface area contributed by atoms with Gasteiger partial charge in [-0.05, 0) is 0 Å². The van der Waals surface area contributed by atoms with Crippen LogP contribution in [-0.2, 0) is 9.59 Å². The van der Waals surface area contributed by atoms with Crippen molar-refractivity contribution < 1.29 is 28.6 Å². The number of rotatable bonds is 3. The van der Waals surface area contributed by atoms with Gasteiger partial charge in [0.1, 0.15) is 0 Å². The number of carbonyl (C=O) groups is 2. The van der Waals surface area contributed by atoms with Crippen LogP contribution in [0.1, 0.15) is 0 Å². The first-order valence-electron chi connectivity index (χ1n) is 2.64. The quantitative estimate of drug-likeness (QED) is 0.496. The number of carboxylic acids is 2. The van der Waals surface area contributed by atoms with Crippen LogP contribution in [0.25, 0.3) is 0 Å². The highest BCUT2D eigenvalue weighted by Gasteiger charge is 2.07. The summed E-state index contributed by atoms with van der Waals surface area (Å²) < 4.78 is 24.4. The highest BCUT2D eigenvalue weighted by atomic mass is 19.2. The van der Waals surface area contributed by atoms with Gasteiger partial charge in [0, 0.05) is 0 Å². The summed E-state index contributed by atoms with van der Waals surface area (Å²) in [5.41, 5.74) is 0. The molecule has 0 saturated heterocycles. The van der Waals surface area contributed by atoms with Crippen LogP contribution in [0, 0.1) is 0 Å². The average Bonchev–Trinajstić information content (AvgIpc) is 1.84. The predicted octanol–water partition coefficient (Wildman–Crippen LogP) is 0.862. The van der Waals surface area contributed by atoms with E-state index in [0.717, 1.165) is 0 Å². The Balaban J connectivity index is 4.59. The lowest BCUT2D eigenvalue weighted by molar-refractivity contribution is -0.132. The maximum Gasteiger partial charge on any atom is 0.331 e. The Bertz CT molecular complexity index is 239. The number of hydrogen-bond donors (Lipinski definition) is 2. The lowest BCUT2D eigenvalue weighted by atomic mass is 10.4. The summed E-state index contributed by atoms with van der Waals surface area (Å²) >= 11 is 0. The highest BCUT2D eigenvalue weighted by molar-refractivity contribution is 5.83. The van der Waals surface area contributed by atoms with Crippen LogP contribution in [0.15, 0.2) is 23.8 Å². The van der Waals surface area contributed by atoms with Gasteiger partial charge in [0.25, 0.3) is 0 Å². The molecule has 6 heteroatoms. The summed E-state index contributed by atoms with van der Waals surface area (Å²) in [4.78, 5) is 19.5. The third-order valence-corrected chi connectivity index (χ3v) is 0.729. The zero-order valence-electron chi connectivity index (χ0n) is 5.62. The maximum absolute atomic E-state index is 12.2. The van der Waals surface area contributed by atoms with Crippen LogP contribution in [0.4, 0.5) is 8.78 Å². The minimum Gasteiger partial charge on any atom is -0.478 e. The van der Waals surface area contributed by atoms with Gasteiger partial charge in [-0.2, -0.15) is 0 Å². The molecular formula is C6H4F2O4. The Kier molecular flexibility index (Phi) is 3.61. The second kappa shape index (κ2) is 4.22. The van der Waals surface area contributed by atoms with E-state index in [4.69, 9.17) is 10.2 Å². The zero-order chi connectivity index (χ0) is 9.72. The molecule has 66 valence electrons. The largest absolute Gasteiger partial charge is 0.478 e. The standard InChI is InChI=1S/C6H4F2O4/c7-3(1-5(9)10)4(8)2-6(11)12/h1-2H,(H,9,10)(H,11,12)/b3-1-,4-2-. The summed E-state index contributed by atoms with van der Waals surface area (Å²) in [6.45, 7) is 0.